The van der Waals surface area contributed by atoms with Crippen LogP contribution in [0.2, 0.25) is 0 Å². The zero-order chi connectivity index (χ0) is 24.5. The SMILES string of the molecule is CCCN1CCN(CCCNC(=O)C[S@@](=O)Cc2cnn(-c3ccccc3)c2-n2cccc2)CC1. The highest BCUT2D eigenvalue weighted by Gasteiger charge is 2.18. The number of para-hydroxylation sites is 1. The molecule has 0 unspecified atom stereocenters. The lowest BCUT2D eigenvalue weighted by atomic mass is 10.2. The van der Waals surface area contributed by atoms with E-state index in [4.69, 9.17) is 0 Å². The minimum absolute atomic E-state index is 0.00265. The van der Waals surface area contributed by atoms with Crippen molar-refractivity contribution in [3.05, 3.63) is 66.6 Å². The number of amides is 1. The van der Waals surface area contributed by atoms with E-state index in [0.29, 0.717) is 6.54 Å². The Morgan fingerprint density at radius 2 is 1.69 bits per heavy atom. The van der Waals surface area contributed by atoms with Gasteiger partial charge in [-0.15, -0.1) is 0 Å². The third kappa shape index (κ3) is 7.13. The summed E-state index contributed by atoms with van der Waals surface area (Å²) < 4.78 is 16.7. The van der Waals surface area contributed by atoms with Crippen molar-refractivity contribution in [2.45, 2.75) is 25.5 Å². The summed E-state index contributed by atoms with van der Waals surface area (Å²) in [5, 5.41) is 7.49. The molecule has 188 valence electrons. The molecule has 1 amide bonds. The second-order valence-electron chi connectivity index (χ2n) is 8.95. The lowest BCUT2D eigenvalue weighted by Crippen LogP contribution is -2.47. The van der Waals surface area contributed by atoms with Gasteiger partial charge in [-0.05, 0) is 50.2 Å². The van der Waals surface area contributed by atoms with Crippen LogP contribution >= 0.6 is 0 Å². The Morgan fingerprint density at radius 1 is 1.00 bits per heavy atom. The second kappa shape index (κ2) is 12.8. The van der Waals surface area contributed by atoms with E-state index in [0.717, 1.165) is 56.2 Å². The average Bonchev–Trinajstić information content (AvgIpc) is 3.53. The molecule has 1 aromatic carbocycles. The molecule has 3 heterocycles. The van der Waals surface area contributed by atoms with Crippen molar-refractivity contribution in [1.82, 2.24) is 29.5 Å². The van der Waals surface area contributed by atoms with Gasteiger partial charge in [-0.1, -0.05) is 25.1 Å². The van der Waals surface area contributed by atoms with Gasteiger partial charge in [0, 0.05) is 61.5 Å². The molecule has 1 atom stereocenters. The summed E-state index contributed by atoms with van der Waals surface area (Å²) in [7, 11) is -1.33. The van der Waals surface area contributed by atoms with E-state index in [1.165, 1.54) is 13.0 Å². The third-order valence-corrected chi connectivity index (χ3v) is 7.47. The summed E-state index contributed by atoms with van der Waals surface area (Å²) in [5.41, 5.74) is 1.77. The molecule has 9 heteroatoms. The van der Waals surface area contributed by atoms with Crippen LogP contribution in [0, 0.1) is 0 Å². The van der Waals surface area contributed by atoms with E-state index in [-0.39, 0.29) is 17.4 Å². The molecular weight excluding hydrogens is 460 g/mol. The number of carbonyl (C=O) groups excluding carboxylic acids is 1. The van der Waals surface area contributed by atoms with E-state index in [2.05, 4.69) is 27.1 Å². The molecular formula is C26H36N6O2S. The fourth-order valence-corrected chi connectivity index (χ4v) is 5.54. The summed E-state index contributed by atoms with van der Waals surface area (Å²) in [5.74, 6) is 0.954. The number of hydrogen-bond donors (Lipinski definition) is 1. The molecule has 1 saturated heterocycles. The largest absolute Gasteiger partial charge is 0.355 e. The van der Waals surface area contributed by atoms with Crippen LogP contribution in [-0.4, -0.2) is 85.8 Å². The van der Waals surface area contributed by atoms with E-state index in [1.54, 1.807) is 6.20 Å². The van der Waals surface area contributed by atoms with Gasteiger partial charge in [0.15, 0.2) is 0 Å². The number of hydrogen-bond acceptors (Lipinski definition) is 5. The molecule has 1 fully saturated rings. The van der Waals surface area contributed by atoms with E-state index in [1.807, 2.05) is 64.1 Å². The molecule has 1 aliphatic heterocycles. The Labute approximate surface area is 210 Å². The smallest absolute Gasteiger partial charge is 0.232 e. The van der Waals surface area contributed by atoms with Crippen molar-refractivity contribution in [2.24, 2.45) is 0 Å². The Hall–Kier alpha value is -2.75. The number of carbonyl (C=O) groups is 1. The van der Waals surface area contributed by atoms with E-state index >= 15 is 0 Å². The van der Waals surface area contributed by atoms with E-state index < -0.39 is 10.8 Å². The lowest BCUT2D eigenvalue weighted by Gasteiger charge is -2.34. The second-order valence-corrected chi connectivity index (χ2v) is 10.4. The van der Waals surface area contributed by atoms with Gasteiger partial charge < -0.3 is 19.7 Å². The van der Waals surface area contributed by atoms with Crippen molar-refractivity contribution in [2.75, 3.05) is 51.6 Å². The highest BCUT2D eigenvalue weighted by Crippen LogP contribution is 2.21. The molecule has 1 N–H and O–H groups in total. The molecule has 0 aliphatic carbocycles. The third-order valence-electron chi connectivity index (χ3n) is 6.25. The Kier molecular flexibility index (Phi) is 9.28. The van der Waals surface area contributed by atoms with E-state index in [9.17, 15) is 9.00 Å². The average molecular weight is 497 g/mol. The van der Waals surface area contributed by atoms with Gasteiger partial charge in [-0.3, -0.25) is 9.00 Å². The maximum absolute atomic E-state index is 12.8. The topological polar surface area (TPSA) is 75.4 Å². The van der Waals surface area contributed by atoms with Gasteiger partial charge in [0.2, 0.25) is 5.91 Å². The first kappa shape index (κ1) is 25.3. The molecule has 8 nitrogen and oxygen atoms in total. The Bertz CT molecular complexity index is 1070. The summed E-state index contributed by atoms with van der Waals surface area (Å²) in [6, 6.07) is 13.8. The molecule has 1 aliphatic rings. The van der Waals surface area contributed by atoms with Gasteiger partial charge in [0.25, 0.3) is 0 Å². The molecule has 35 heavy (non-hydrogen) atoms. The van der Waals surface area contributed by atoms with Crippen molar-refractivity contribution in [3.8, 4) is 11.5 Å². The summed E-state index contributed by atoms with van der Waals surface area (Å²) in [4.78, 5) is 17.4. The van der Waals surface area contributed by atoms with Crippen LogP contribution in [0.4, 0.5) is 0 Å². The highest BCUT2D eigenvalue weighted by atomic mass is 32.2. The fraction of sp³-hybridized carbons (Fsp3) is 0.462. The van der Waals surface area contributed by atoms with Crippen molar-refractivity contribution < 1.29 is 9.00 Å². The molecule has 0 bridgehead atoms. The predicted molar refractivity (Wildman–Crippen MR) is 140 cm³/mol. The minimum atomic E-state index is -1.33. The number of nitrogens with one attached hydrogen (secondary N) is 1. The molecule has 0 saturated carbocycles. The quantitative estimate of drug-likeness (QED) is 0.390. The zero-order valence-electron chi connectivity index (χ0n) is 20.5. The van der Waals surface area contributed by atoms with Crippen molar-refractivity contribution in [3.63, 3.8) is 0 Å². The number of aromatic nitrogens is 3. The molecule has 0 spiro atoms. The number of nitrogens with zero attached hydrogens (tertiary/aromatic N) is 5. The molecule has 4 rings (SSSR count). The van der Waals surface area contributed by atoms with Gasteiger partial charge in [0.05, 0.1) is 17.6 Å². The molecule has 2 aromatic heterocycles. The summed E-state index contributed by atoms with van der Waals surface area (Å²) in [6.07, 6.45) is 7.75. The standard InChI is InChI=1S/C26H36N6O2S/c1-2-12-29-16-18-30(19-17-29)13-8-11-27-25(33)22-35(34)21-23-20-28-32(24-9-4-3-5-10-24)26(23)31-14-6-7-15-31/h3-7,9-10,14-15,20H,2,8,11-13,16-19,21-22H2,1H3,(H,27,33)/t35-/m0/s1. The zero-order valence-corrected chi connectivity index (χ0v) is 21.3. The number of rotatable bonds is 12. The number of benzene rings is 1. The van der Waals surface area contributed by atoms with Crippen LogP contribution in [0.25, 0.3) is 11.5 Å². The monoisotopic (exact) mass is 496 g/mol. The lowest BCUT2D eigenvalue weighted by molar-refractivity contribution is -0.118. The maximum Gasteiger partial charge on any atom is 0.232 e. The Morgan fingerprint density at radius 3 is 2.37 bits per heavy atom. The summed E-state index contributed by atoms with van der Waals surface area (Å²) in [6.45, 7) is 9.46. The van der Waals surface area contributed by atoms with Gasteiger partial charge in [-0.2, -0.15) is 5.10 Å². The van der Waals surface area contributed by atoms with Gasteiger partial charge in [-0.25, -0.2) is 4.68 Å². The molecule has 3 aromatic rings. The van der Waals surface area contributed by atoms with Gasteiger partial charge >= 0.3 is 0 Å². The highest BCUT2D eigenvalue weighted by molar-refractivity contribution is 7.84. The normalized spacial score (nSPS) is 15.8. The Balaban J connectivity index is 1.25. The minimum Gasteiger partial charge on any atom is -0.355 e. The van der Waals surface area contributed by atoms with Crippen molar-refractivity contribution >= 4 is 16.7 Å². The first-order chi connectivity index (χ1) is 17.1. The van der Waals surface area contributed by atoms with Crippen LogP contribution < -0.4 is 5.32 Å². The summed E-state index contributed by atoms with van der Waals surface area (Å²) >= 11 is 0. The van der Waals surface area contributed by atoms with Crippen LogP contribution in [-0.2, 0) is 21.3 Å². The van der Waals surface area contributed by atoms with Gasteiger partial charge in [0.1, 0.15) is 11.6 Å². The van der Waals surface area contributed by atoms with Crippen LogP contribution in [0.3, 0.4) is 0 Å². The molecule has 0 radical (unpaired) electrons. The number of piperazine rings is 1. The first-order valence-corrected chi connectivity index (χ1v) is 13.9. The van der Waals surface area contributed by atoms with Crippen LogP contribution in [0.15, 0.2) is 61.1 Å². The fourth-order valence-electron chi connectivity index (χ4n) is 4.49. The van der Waals surface area contributed by atoms with Crippen molar-refractivity contribution in [1.29, 1.82) is 0 Å². The van der Waals surface area contributed by atoms with Crippen LogP contribution in [0.1, 0.15) is 25.3 Å². The predicted octanol–water partition coefficient (Wildman–Crippen LogP) is 2.45. The van der Waals surface area contributed by atoms with Crippen LogP contribution in [0.5, 0.6) is 0 Å². The first-order valence-electron chi connectivity index (χ1n) is 12.5. The maximum atomic E-state index is 12.8.